The number of hydrogen-bond donors (Lipinski definition) is 0. The second-order valence-corrected chi connectivity index (χ2v) is 7.63. The van der Waals surface area contributed by atoms with Crippen LogP contribution in [0.5, 0.6) is 0 Å². The molecule has 5 heteroatoms. The summed E-state index contributed by atoms with van der Waals surface area (Å²) < 4.78 is 5.45. The van der Waals surface area contributed by atoms with Crippen LogP contribution in [0.3, 0.4) is 0 Å². The van der Waals surface area contributed by atoms with E-state index in [1.807, 2.05) is 49.1 Å². The van der Waals surface area contributed by atoms with Crippen molar-refractivity contribution >= 4 is 5.91 Å². The number of benzene rings is 2. The lowest BCUT2D eigenvalue weighted by atomic mass is 10.0. The van der Waals surface area contributed by atoms with Crippen molar-refractivity contribution < 1.29 is 9.32 Å². The first-order chi connectivity index (χ1) is 13.6. The molecule has 3 aromatic rings. The summed E-state index contributed by atoms with van der Waals surface area (Å²) in [5.41, 5.74) is 3.35. The quantitative estimate of drug-likeness (QED) is 0.645. The number of carbonyl (C=O) groups is 1. The Labute approximate surface area is 165 Å². The molecule has 144 valence electrons. The molecule has 0 bridgehead atoms. The topological polar surface area (TPSA) is 59.2 Å². The van der Waals surface area contributed by atoms with Crippen molar-refractivity contribution in [2.75, 3.05) is 6.54 Å². The zero-order valence-electron chi connectivity index (χ0n) is 16.3. The molecule has 1 atom stereocenters. The summed E-state index contributed by atoms with van der Waals surface area (Å²) in [5, 5.41) is 4.05. The van der Waals surface area contributed by atoms with E-state index in [9.17, 15) is 4.79 Å². The van der Waals surface area contributed by atoms with Gasteiger partial charge in [0.05, 0.1) is 6.42 Å². The van der Waals surface area contributed by atoms with Gasteiger partial charge in [0.2, 0.25) is 11.8 Å². The minimum absolute atomic E-state index is 0.101. The van der Waals surface area contributed by atoms with Crippen molar-refractivity contribution in [1.82, 2.24) is 15.0 Å². The van der Waals surface area contributed by atoms with Gasteiger partial charge in [-0.05, 0) is 29.5 Å². The fraction of sp³-hybridized carbons (Fsp3) is 0.348. The van der Waals surface area contributed by atoms with Gasteiger partial charge in [-0.1, -0.05) is 73.6 Å². The largest absolute Gasteiger partial charge is 0.337 e. The Morgan fingerprint density at radius 1 is 1.11 bits per heavy atom. The van der Waals surface area contributed by atoms with Crippen LogP contribution < -0.4 is 0 Å². The molecule has 0 unspecified atom stereocenters. The molecule has 0 saturated carbocycles. The van der Waals surface area contributed by atoms with E-state index in [0.29, 0.717) is 18.1 Å². The van der Waals surface area contributed by atoms with Crippen molar-refractivity contribution in [3.8, 4) is 11.1 Å². The van der Waals surface area contributed by atoms with Gasteiger partial charge in [-0.3, -0.25) is 4.79 Å². The van der Waals surface area contributed by atoms with Crippen LogP contribution in [0.15, 0.2) is 59.1 Å². The van der Waals surface area contributed by atoms with Gasteiger partial charge < -0.3 is 9.42 Å². The van der Waals surface area contributed by atoms with Gasteiger partial charge in [0.25, 0.3) is 0 Å². The van der Waals surface area contributed by atoms with E-state index in [4.69, 9.17) is 4.52 Å². The van der Waals surface area contributed by atoms with Gasteiger partial charge in [0.15, 0.2) is 5.82 Å². The Bertz CT molecular complexity index is 932. The van der Waals surface area contributed by atoms with Crippen LogP contribution in [0.25, 0.3) is 11.1 Å². The zero-order chi connectivity index (χ0) is 19.5. The molecule has 2 aromatic carbocycles. The maximum absolute atomic E-state index is 12.9. The molecule has 0 spiro atoms. The minimum atomic E-state index is -0.101. The Kier molecular flexibility index (Phi) is 5.24. The van der Waals surface area contributed by atoms with Crippen LogP contribution in [-0.4, -0.2) is 27.5 Å². The summed E-state index contributed by atoms with van der Waals surface area (Å²) in [6.07, 6.45) is 2.22. The van der Waals surface area contributed by atoms with Crippen molar-refractivity contribution in [2.45, 2.75) is 45.1 Å². The first-order valence-electron chi connectivity index (χ1n) is 9.89. The smallest absolute Gasteiger partial charge is 0.249 e. The lowest BCUT2D eigenvalue weighted by molar-refractivity contribution is -0.131. The summed E-state index contributed by atoms with van der Waals surface area (Å²) in [6, 6.07) is 18.4. The molecule has 1 aliphatic rings. The normalized spacial score (nSPS) is 16.7. The van der Waals surface area contributed by atoms with E-state index < -0.39 is 0 Å². The van der Waals surface area contributed by atoms with E-state index in [0.717, 1.165) is 30.5 Å². The molecule has 0 N–H and O–H groups in total. The molecule has 5 nitrogen and oxygen atoms in total. The highest BCUT2D eigenvalue weighted by Gasteiger charge is 2.34. The van der Waals surface area contributed by atoms with Crippen molar-refractivity contribution in [3.05, 3.63) is 71.9 Å². The first-order valence-corrected chi connectivity index (χ1v) is 9.89. The lowest BCUT2D eigenvalue weighted by Crippen LogP contribution is -2.32. The molecule has 1 aromatic heterocycles. The third kappa shape index (κ3) is 3.84. The van der Waals surface area contributed by atoms with E-state index in [2.05, 4.69) is 34.4 Å². The van der Waals surface area contributed by atoms with Crippen LogP contribution >= 0.6 is 0 Å². The highest BCUT2D eigenvalue weighted by molar-refractivity contribution is 5.79. The Hall–Kier alpha value is -2.95. The molecule has 1 fully saturated rings. The molecule has 4 rings (SSSR count). The minimum Gasteiger partial charge on any atom is -0.337 e. The molecule has 1 amide bonds. The molecule has 0 radical (unpaired) electrons. The summed E-state index contributed by atoms with van der Waals surface area (Å²) in [6.45, 7) is 4.81. The van der Waals surface area contributed by atoms with E-state index in [1.165, 1.54) is 5.56 Å². The van der Waals surface area contributed by atoms with Crippen LogP contribution in [0.4, 0.5) is 0 Å². The average molecular weight is 375 g/mol. The van der Waals surface area contributed by atoms with Gasteiger partial charge >= 0.3 is 0 Å². The summed E-state index contributed by atoms with van der Waals surface area (Å²) in [4.78, 5) is 19.3. The molecule has 0 aliphatic carbocycles. The number of nitrogens with zero attached hydrogens (tertiary/aromatic N) is 3. The van der Waals surface area contributed by atoms with Gasteiger partial charge in [0.1, 0.15) is 6.04 Å². The number of hydrogen-bond acceptors (Lipinski definition) is 4. The van der Waals surface area contributed by atoms with Gasteiger partial charge in [-0.2, -0.15) is 4.98 Å². The Morgan fingerprint density at radius 3 is 2.50 bits per heavy atom. The summed E-state index contributed by atoms with van der Waals surface area (Å²) >= 11 is 0. The highest BCUT2D eigenvalue weighted by Crippen LogP contribution is 2.32. The van der Waals surface area contributed by atoms with Gasteiger partial charge in [-0.25, -0.2) is 0 Å². The number of aromatic nitrogens is 2. The van der Waals surface area contributed by atoms with E-state index in [1.54, 1.807) is 0 Å². The number of likely N-dealkylation sites (tertiary alicyclic amines) is 1. The number of carbonyl (C=O) groups excluding carboxylic acids is 1. The summed E-state index contributed by atoms with van der Waals surface area (Å²) in [7, 11) is 0. The fourth-order valence-corrected chi connectivity index (χ4v) is 3.66. The SMILES string of the molecule is CC(C)c1noc([C@@H]2CCCN2C(=O)Cc2ccc(-c3ccccc3)cc2)n1. The third-order valence-electron chi connectivity index (χ3n) is 5.25. The van der Waals surface area contributed by atoms with Gasteiger partial charge in [0, 0.05) is 12.5 Å². The van der Waals surface area contributed by atoms with Crippen LogP contribution in [0.2, 0.25) is 0 Å². The Balaban J connectivity index is 1.45. The fourth-order valence-electron chi connectivity index (χ4n) is 3.66. The molecule has 2 heterocycles. The van der Waals surface area contributed by atoms with Crippen molar-refractivity contribution in [1.29, 1.82) is 0 Å². The lowest BCUT2D eigenvalue weighted by Gasteiger charge is -2.22. The van der Waals surface area contributed by atoms with Gasteiger partial charge in [-0.15, -0.1) is 0 Å². The average Bonchev–Trinajstić information content (AvgIpc) is 3.38. The number of rotatable bonds is 5. The Morgan fingerprint density at radius 2 is 1.82 bits per heavy atom. The maximum atomic E-state index is 12.9. The zero-order valence-corrected chi connectivity index (χ0v) is 16.3. The predicted octanol–water partition coefficient (Wildman–Crippen LogP) is 4.77. The van der Waals surface area contributed by atoms with Crippen molar-refractivity contribution in [2.24, 2.45) is 0 Å². The first kappa shape index (κ1) is 18.4. The highest BCUT2D eigenvalue weighted by atomic mass is 16.5. The predicted molar refractivity (Wildman–Crippen MR) is 108 cm³/mol. The molecular weight excluding hydrogens is 350 g/mol. The molecular formula is C23H25N3O2. The standard InChI is InChI=1S/C23H25N3O2/c1-16(2)22-24-23(28-25-22)20-9-6-14-26(20)21(27)15-17-10-12-19(13-11-17)18-7-4-3-5-8-18/h3-5,7-8,10-13,16,20H,6,9,14-15H2,1-2H3/t20-/m0/s1. The molecule has 1 saturated heterocycles. The maximum Gasteiger partial charge on any atom is 0.249 e. The van der Waals surface area contributed by atoms with Crippen LogP contribution in [0.1, 0.15) is 55.9 Å². The van der Waals surface area contributed by atoms with Crippen molar-refractivity contribution in [3.63, 3.8) is 0 Å². The number of amides is 1. The van der Waals surface area contributed by atoms with Crippen LogP contribution in [-0.2, 0) is 11.2 Å². The van der Waals surface area contributed by atoms with E-state index >= 15 is 0 Å². The van der Waals surface area contributed by atoms with E-state index in [-0.39, 0.29) is 17.9 Å². The summed E-state index contributed by atoms with van der Waals surface area (Å²) in [5.74, 6) is 1.59. The molecule has 28 heavy (non-hydrogen) atoms. The monoisotopic (exact) mass is 375 g/mol. The second-order valence-electron chi connectivity index (χ2n) is 7.63. The second kappa shape index (κ2) is 7.97. The molecule has 1 aliphatic heterocycles. The van der Waals surface area contributed by atoms with Crippen LogP contribution in [0, 0.1) is 0 Å². The third-order valence-corrected chi connectivity index (χ3v) is 5.25.